The van der Waals surface area contributed by atoms with Crippen LogP contribution >= 0.6 is 0 Å². The zero-order valence-electron chi connectivity index (χ0n) is 34.0. The number of benzene rings is 8. The van der Waals surface area contributed by atoms with Gasteiger partial charge in [-0.1, -0.05) is 91.0 Å². The Balaban J connectivity index is 1.17. The van der Waals surface area contributed by atoms with Gasteiger partial charge in [0.15, 0.2) is 34.4 Å². The summed E-state index contributed by atoms with van der Waals surface area (Å²) < 4.78 is 8.44. The van der Waals surface area contributed by atoms with Crippen molar-refractivity contribution in [1.82, 2.24) is 9.88 Å². The molecule has 1 aliphatic heterocycles. The number of furan rings is 1. The van der Waals surface area contributed by atoms with Crippen molar-refractivity contribution in [2.45, 2.75) is 6.17 Å². The molecule has 2 aromatic heterocycles. The van der Waals surface area contributed by atoms with Crippen LogP contribution in [0.25, 0.3) is 71.7 Å². The predicted octanol–water partition coefficient (Wildman–Crippen LogP) is 9.57. The molecule has 324 valence electrons. The molecule has 0 saturated heterocycles. The number of hydrogen-bond donors (Lipinski definition) is 11. The number of nitrogens with one attached hydrogen (secondary N) is 1. The highest BCUT2D eigenvalue weighted by Gasteiger charge is 2.32. The second-order valence-electron chi connectivity index (χ2n) is 15.7. The number of nitrogens with zero attached hydrogens (tertiary/aromatic N) is 3. The van der Waals surface area contributed by atoms with E-state index in [4.69, 9.17) is 14.4 Å². The van der Waals surface area contributed by atoms with E-state index in [0.29, 0.717) is 50.2 Å². The zero-order chi connectivity index (χ0) is 45.7. The van der Waals surface area contributed by atoms with Crippen molar-refractivity contribution in [3.05, 3.63) is 150 Å². The third kappa shape index (κ3) is 5.76. The maximum Gasteiger partial charge on any atom is 0.208 e. The van der Waals surface area contributed by atoms with E-state index in [9.17, 15) is 51.1 Å². The lowest BCUT2D eigenvalue weighted by Crippen LogP contribution is -2.33. The minimum absolute atomic E-state index is 0.129. The number of phenolic OH excluding ortho intramolecular Hbond substituents is 10. The number of aromatic nitrogens is 1. The van der Waals surface area contributed by atoms with Crippen LogP contribution in [0.5, 0.6) is 57.5 Å². The van der Waals surface area contributed by atoms with Crippen LogP contribution in [0.15, 0.2) is 148 Å². The lowest BCUT2D eigenvalue weighted by atomic mass is 9.92. The van der Waals surface area contributed by atoms with Crippen LogP contribution in [0.4, 0.5) is 0 Å². The molecule has 15 nitrogen and oxygen atoms in total. The highest BCUT2D eigenvalue weighted by Crippen LogP contribution is 2.59. The third-order valence-corrected chi connectivity index (χ3v) is 11.9. The molecule has 8 aromatic carbocycles. The van der Waals surface area contributed by atoms with Crippen LogP contribution in [-0.2, 0) is 0 Å². The highest BCUT2D eigenvalue weighted by atomic mass is 16.4. The Bertz CT molecular complexity index is 3690. The summed E-state index contributed by atoms with van der Waals surface area (Å²) in [5, 5.41) is 114. The molecule has 1 aliphatic rings. The largest absolute Gasteiger partial charge is 0.504 e. The zero-order valence-corrected chi connectivity index (χ0v) is 34.0. The van der Waals surface area contributed by atoms with Gasteiger partial charge in [0.2, 0.25) is 34.5 Å². The lowest BCUT2D eigenvalue weighted by molar-refractivity contribution is 0.330. The van der Waals surface area contributed by atoms with E-state index in [1.165, 1.54) is 12.1 Å². The van der Waals surface area contributed by atoms with Gasteiger partial charge in [0, 0.05) is 38.2 Å². The van der Waals surface area contributed by atoms with Crippen molar-refractivity contribution in [2.24, 2.45) is 9.98 Å². The van der Waals surface area contributed by atoms with Crippen LogP contribution in [0, 0.1) is 0 Å². The molecule has 3 heterocycles. The fraction of sp³-hybridized carbons (Fsp3) is 0.0196. The molecule has 66 heavy (non-hydrogen) atoms. The van der Waals surface area contributed by atoms with E-state index >= 15 is 0 Å². The molecule has 0 fully saturated rings. The van der Waals surface area contributed by atoms with E-state index in [0.717, 1.165) is 22.1 Å². The molecule has 1 atom stereocenters. The van der Waals surface area contributed by atoms with Crippen LogP contribution in [0.2, 0.25) is 0 Å². The number of rotatable bonds is 6. The SMILES string of the molecule is Oc1c(O)c(O)c(-c2cc(-c3c(O)c(O)c(O)c(O)c3O)c3c(c2)c2ccccc2n3-c2cccc3c2oc2ccc(C4=NC(c5ccccc5)=NC(c5ccccc5)N4)cc23)c(O)c1O. The van der Waals surface area contributed by atoms with Gasteiger partial charge in [-0.3, -0.25) is 0 Å². The summed E-state index contributed by atoms with van der Waals surface area (Å²) in [4.78, 5) is 9.93. The Kier molecular flexibility index (Phi) is 8.67. The van der Waals surface area contributed by atoms with Gasteiger partial charge in [0.25, 0.3) is 0 Å². The summed E-state index contributed by atoms with van der Waals surface area (Å²) in [6, 6.07) is 40.5. The highest BCUT2D eigenvalue weighted by molar-refractivity contribution is 6.19. The summed E-state index contributed by atoms with van der Waals surface area (Å²) in [6.45, 7) is 0. The lowest BCUT2D eigenvalue weighted by Gasteiger charge is -2.23. The Hall–Kier alpha value is -9.50. The minimum Gasteiger partial charge on any atom is -0.504 e. The number of aliphatic imine (C=N–C) groups is 2. The molecular formula is C51H34N4O11. The molecule has 15 heteroatoms. The molecule has 10 aromatic rings. The fourth-order valence-electron chi connectivity index (χ4n) is 8.81. The first-order chi connectivity index (χ1) is 31.9. The summed E-state index contributed by atoms with van der Waals surface area (Å²) >= 11 is 0. The van der Waals surface area contributed by atoms with Crippen LogP contribution < -0.4 is 5.32 Å². The van der Waals surface area contributed by atoms with E-state index in [1.807, 2.05) is 91.0 Å². The standard InChI is InChI=1S/C51H34N4O11/c56-38-35(39(57)43(61)46(64)42(38)60)26-21-30-27-14-7-8-16-32(27)55(37(30)31(22-26)36-40(58)44(62)47(65)45(63)41(36)59)33-17-9-15-28-29-20-25(18-19-34(29)66-48(28)33)51-53-49(23-10-3-1-4-11-23)52-50(54-51)24-12-5-2-6-13-24/h1-22,49,56-65H,(H,52,53,54). The van der Waals surface area contributed by atoms with E-state index in [1.54, 1.807) is 34.9 Å². The molecule has 11 N–H and O–H groups in total. The maximum atomic E-state index is 11.4. The average Bonchev–Trinajstić information content (AvgIpc) is 3.90. The topological polar surface area (TPSA) is 257 Å². The Morgan fingerprint density at radius 1 is 0.470 bits per heavy atom. The average molecular weight is 879 g/mol. The smallest absolute Gasteiger partial charge is 0.208 e. The first-order valence-electron chi connectivity index (χ1n) is 20.4. The quantitative estimate of drug-likeness (QED) is 0.0551. The second-order valence-corrected chi connectivity index (χ2v) is 15.7. The van der Waals surface area contributed by atoms with Crippen molar-refractivity contribution in [3.8, 4) is 85.4 Å². The number of phenols is 10. The van der Waals surface area contributed by atoms with Gasteiger partial charge in [-0.15, -0.1) is 0 Å². The van der Waals surface area contributed by atoms with Gasteiger partial charge in [-0.2, -0.15) is 0 Å². The fourth-order valence-corrected chi connectivity index (χ4v) is 8.81. The number of para-hydroxylation sites is 2. The normalized spacial score (nSPS) is 13.9. The van der Waals surface area contributed by atoms with Gasteiger partial charge >= 0.3 is 0 Å². The third-order valence-electron chi connectivity index (χ3n) is 11.9. The monoisotopic (exact) mass is 878 g/mol. The van der Waals surface area contributed by atoms with Crippen LogP contribution in [-0.4, -0.2) is 67.3 Å². The molecule has 0 radical (unpaired) electrons. The molecule has 1 unspecified atom stereocenters. The number of hydrogen-bond acceptors (Lipinski definition) is 14. The number of amidine groups is 2. The van der Waals surface area contributed by atoms with Gasteiger partial charge in [0.1, 0.15) is 17.6 Å². The molecule has 0 spiro atoms. The Morgan fingerprint density at radius 3 is 1.73 bits per heavy atom. The number of fused-ring (bicyclic) bond motifs is 6. The van der Waals surface area contributed by atoms with Gasteiger partial charge < -0.3 is 65.4 Å². The van der Waals surface area contributed by atoms with E-state index < -0.39 is 74.8 Å². The summed E-state index contributed by atoms with van der Waals surface area (Å²) in [6.07, 6.45) is -0.433. The van der Waals surface area contributed by atoms with E-state index in [2.05, 4.69) is 5.32 Å². The first kappa shape index (κ1) is 39.4. The van der Waals surface area contributed by atoms with Gasteiger partial charge in [-0.25, -0.2) is 9.98 Å². The summed E-state index contributed by atoms with van der Waals surface area (Å²) in [5.41, 5.74) is 3.28. The van der Waals surface area contributed by atoms with E-state index in [-0.39, 0.29) is 16.6 Å². The molecule has 0 bridgehead atoms. The van der Waals surface area contributed by atoms with Crippen molar-refractivity contribution in [3.63, 3.8) is 0 Å². The van der Waals surface area contributed by atoms with Gasteiger partial charge in [-0.05, 0) is 53.6 Å². The molecule has 0 aliphatic carbocycles. The Morgan fingerprint density at radius 2 is 1.05 bits per heavy atom. The van der Waals surface area contributed by atoms with Crippen LogP contribution in [0.1, 0.15) is 22.9 Å². The van der Waals surface area contributed by atoms with Crippen molar-refractivity contribution >= 4 is 55.4 Å². The van der Waals surface area contributed by atoms with Crippen molar-refractivity contribution in [2.75, 3.05) is 0 Å². The molecule has 0 saturated carbocycles. The summed E-state index contributed by atoms with van der Waals surface area (Å²) in [5.74, 6) is -10.0. The molecule has 11 rings (SSSR count). The van der Waals surface area contributed by atoms with Crippen LogP contribution in [0.3, 0.4) is 0 Å². The van der Waals surface area contributed by atoms with Crippen molar-refractivity contribution in [1.29, 1.82) is 0 Å². The molecule has 0 amide bonds. The maximum absolute atomic E-state index is 11.4. The van der Waals surface area contributed by atoms with Crippen molar-refractivity contribution < 1.29 is 55.5 Å². The van der Waals surface area contributed by atoms with Gasteiger partial charge in [0.05, 0.1) is 27.8 Å². The predicted molar refractivity (Wildman–Crippen MR) is 247 cm³/mol. The first-order valence-corrected chi connectivity index (χ1v) is 20.4. The number of aromatic hydroxyl groups is 10. The molecular weight excluding hydrogens is 845 g/mol. The minimum atomic E-state index is -1.20. The summed E-state index contributed by atoms with van der Waals surface area (Å²) in [7, 11) is 0. The Labute approximate surface area is 371 Å². The second kappa shape index (κ2) is 14.5.